The molecular formula is C17H21NO2. The van der Waals surface area contributed by atoms with Crippen LogP contribution in [0.4, 0.5) is 0 Å². The van der Waals surface area contributed by atoms with Crippen molar-refractivity contribution in [2.24, 2.45) is 0 Å². The highest BCUT2D eigenvalue weighted by molar-refractivity contribution is 5.93. The average molecular weight is 271 g/mol. The minimum absolute atomic E-state index is 0.185. The molecule has 0 aliphatic heterocycles. The SMILES string of the molecule is C=C(CC#CC)C(=O)N(C)[C@H](C)[C@H](O)c1ccccc1. The number of likely N-dealkylation sites (N-methyl/N-ethyl adjacent to an activating group) is 1. The fourth-order valence-electron chi connectivity index (χ4n) is 1.85. The van der Waals surface area contributed by atoms with Crippen molar-refractivity contribution in [3.05, 3.63) is 48.0 Å². The molecule has 3 nitrogen and oxygen atoms in total. The number of benzene rings is 1. The first kappa shape index (κ1) is 16.0. The van der Waals surface area contributed by atoms with Gasteiger partial charge in [-0.3, -0.25) is 4.79 Å². The number of carbonyl (C=O) groups excluding carboxylic acids is 1. The van der Waals surface area contributed by atoms with E-state index in [1.54, 1.807) is 14.0 Å². The van der Waals surface area contributed by atoms with Gasteiger partial charge in [0.05, 0.1) is 12.1 Å². The molecule has 106 valence electrons. The molecule has 1 rings (SSSR count). The number of aliphatic hydroxyl groups is 1. The fraction of sp³-hybridized carbons (Fsp3) is 0.353. The van der Waals surface area contributed by atoms with E-state index in [0.29, 0.717) is 12.0 Å². The molecule has 0 aliphatic carbocycles. The molecule has 1 N–H and O–H groups in total. The van der Waals surface area contributed by atoms with Crippen LogP contribution in [-0.2, 0) is 4.79 Å². The van der Waals surface area contributed by atoms with Crippen molar-refractivity contribution < 1.29 is 9.90 Å². The van der Waals surface area contributed by atoms with E-state index < -0.39 is 6.10 Å². The molecular weight excluding hydrogens is 250 g/mol. The second-order valence-corrected chi connectivity index (χ2v) is 4.72. The molecule has 0 radical (unpaired) electrons. The third-order valence-electron chi connectivity index (χ3n) is 3.31. The Bertz CT molecular complexity index is 525. The zero-order valence-electron chi connectivity index (χ0n) is 12.3. The van der Waals surface area contributed by atoms with Crippen molar-refractivity contribution in [1.29, 1.82) is 0 Å². The van der Waals surface area contributed by atoms with E-state index in [1.165, 1.54) is 4.90 Å². The van der Waals surface area contributed by atoms with Gasteiger partial charge in [-0.2, -0.15) is 0 Å². The maximum Gasteiger partial charge on any atom is 0.250 e. The smallest absolute Gasteiger partial charge is 0.250 e. The molecule has 1 aromatic rings. The van der Waals surface area contributed by atoms with E-state index in [-0.39, 0.29) is 11.9 Å². The van der Waals surface area contributed by atoms with Gasteiger partial charge in [-0.25, -0.2) is 0 Å². The van der Waals surface area contributed by atoms with Crippen molar-refractivity contribution in [2.75, 3.05) is 7.05 Å². The van der Waals surface area contributed by atoms with Crippen LogP contribution in [0, 0.1) is 11.8 Å². The van der Waals surface area contributed by atoms with E-state index in [9.17, 15) is 9.90 Å². The number of rotatable bonds is 5. The highest BCUT2D eigenvalue weighted by atomic mass is 16.3. The monoisotopic (exact) mass is 271 g/mol. The highest BCUT2D eigenvalue weighted by Crippen LogP contribution is 2.21. The quantitative estimate of drug-likeness (QED) is 0.660. The van der Waals surface area contributed by atoms with Crippen molar-refractivity contribution in [3.63, 3.8) is 0 Å². The van der Waals surface area contributed by atoms with Gasteiger partial charge in [-0.05, 0) is 19.4 Å². The van der Waals surface area contributed by atoms with Crippen LogP contribution >= 0.6 is 0 Å². The summed E-state index contributed by atoms with van der Waals surface area (Å²) in [6.07, 6.45) is -0.372. The van der Waals surface area contributed by atoms with Crippen molar-refractivity contribution in [3.8, 4) is 11.8 Å². The van der Waals surface area contributed by atoms with Gasteiger partial charge >= 0.3 is 0 Å². The zero-order chi connectivity index (χ0) is 15.1. The zero-order valence-corrected chi connectivity index (χ0v) is 12.3. The van der Waals surface area contributed by atoms with Crippen LogP contribution in [0.15, 0.2) is 42.5 Å². The molecule has 0 heterocycles. The molecule has 0 bridgehead atoms. The van der Waals surface area contributed by atoms with Crippen LogP contribution in [0.5, 0.6) is 0 Å². The summed E-state index contributed by atoms with van der Waals surface area (Å²) < 4.78 is 0. The topological polar surface area (TPSA) is 40.5 Å². The Balaban J connectivity index is 2.75. The molecule has 0 aliphatic rings. The van der Waals surface area contributed by atoms with Crippen LogP contribution in [0.2, 0.25) is 0 Å². The first-order valence-electron chi connectivity index (χ1n) is 6.56. The van der Waals surface area contributed by atoms with E-state index in [0.717, 1.165) is 5.56 Å². The molecule has 0 aromatic heterocycles. The number of carbonyl (C=O) groups is 1. The van der Waals surface area contributed by atoms with E-state index in [2.05, 4.69) is 18.4 Å². The first-order valence-corrected chi connectivity index (χ1v) is 6.56. The minimum Gasteiger partial charge on any atom is -0.386 e. The number of hydrogen-bond acceptors (Lipinski definition) is 2. The van der Waals surface area contributed by atoms with Gasteiger partial charge in [0.1, 0.15) is 0 Å². The van der Waals surface area contributed by atoms with Crippen LogP contribution < -0.4 is 0 Å². The first-order chi connectivity index (χ1) is 9.49. The summed E-state index contributed by atoms with van der Waals surface area (Å²) in [7, 11) is 1.67. The molecule has 3 heteroatoms. The largest absolute Gasteiger partial charge is 0.386 e. The Morgan fingerprint density at radius 1 is 1.40 bits per heavy atom. The lowest BCUT2D eigenvalue weighted by Crippen LogP contribution is -2.39. The third kappa shape index (κ3) is 3.97. The molecule has 1 amide bonds. The number of nitrogens with zero attached hydrogens (tertiary/aromatic N) is 1. The van der Waals surface area contributed by atoms with Crippen molar-refractivity contribution >= 4 is 5.91 Å². The lowest BCUT2D eigenvalue weighted by atomic mass is 10.0. The Labute approximate surface area is 120 Å². The molecule has 0 fully saturated rings. The predicted octanol–water partition coefficient (Wildman–Crippen LogP) is 2.54. The Morgan fingerprint density at radius 3 is 2.55 bits per heavy atom. The standard InChI is InChI=1S/C17H21NO2/c1-5-6-10-13(2)17(20)18(4)14(3)16(19)15-11-8-7-9-12-15/h7-9,11-12,14,16,19H,2,10H2,1,3-4H3/t14-,16+/m1/s1. The van der Waals surface area contributed by atoms with Gasteiger partial charge in [0.15, 0.2) is 0 Å². The molecule has 0 saturated heterocycles. The van der Waals surface area contributed by atoms with Crippen LogP contribution in [0.3, 0.4) is 0 Å². The van der Waals surface area contributed by atoms with E-state index >= 15 is 0 Å². The van der Waals surface area contributed by atoms with Crippen molar-refractivity contribution in [2.45, 2.75) is 32.4 Å². The minimum atomic E-state index is -0.727. The maximum absolute atomic E-state index is 12.2. The Kier molecular flexibility index (Phi) is 6.02. The summed E-state index contributed by atoms with van der Waals surface area (Å²) in [5, 5.41) is 10.3. The predicted molar refractivity (Wildman–Crippen MR) is 80.8 cm³/mol. The summed E-state index contributed by atoms with van der Waals surface area (Å²) >= 11 is 0. The lowest BCUT2D eigenvalue weighted by Gasteiger charge is -2.29. The van der Waals surface area contributed by atoms with Gasteiger partial charge in [-0.1, -0.05) is 42.8 Å². The second-order valence-electron chi connectivity index (χ2n) is 4.72. The van der Waals surface area contributed by atoms with E-state index in [4.69, 9.17) is 0 Å². The second kappa shape index (κ2) is 7.52. The van der Waals surface area contributed by atoms with Gasteiger partial charge in [-0.15, -0.1) is 5.92 Å². The Hall–Kier alpha value is -2.05. The third-order valence-corrected chi connectivity index (χ3v) is 3.31. The molecule has 0 saturated carbocycles. The number of aliphatic hydroxyl groups excluding tert-OH is 1. The van der Waals surface area contributed by atoms with Crippen LogP contribution in [0.1, 0.15) is 31.9 Å². The van der Waals surface area contributed by atoms with Gasteiger partial charge < -0.3 is 10.0 Å². The molecule has 1 aromatic carbocycles. The summed E-state index contributed by atoms with van der Waals surface area (Å²) in [6.45, 7) is 7.29. The maximum atomic E-state index is 12.2. The van der Waals surface area contributed by atoms with Crippen LogP contribution in [-0.4, -0.2) is 29.0 Å². The fourth-order valence-corrected chi connectivity index (χ4v) is 1.85. The van der Waals surface area contributed by atoms with Crippen molar-refractivity contribution in [1.82, 2.24) is 4.90 Å². The molecule has 0 spiro atoms. The van der Waals surface area contributed by atoms with Crippen LogP contribution in [0.25, 0.3) is 0 Å². The normalized spacial score (nSPS) is 12.8. The number of hydrogen-bond donors (Lipinski definition) is 1. The summed E-state index contributed by atoms with van der Waals surface area (Å²) in [5.41, 5.74) is 1.23. The summed E-state index contributed by atoms with van der Waals surface area (Å²) in [5.74, 6) is 5.38. The van der Waals surface area contributed by atoms with E-state index in [1.807, 2.05) is 37.3 Å². The van der Waals surface area contributed by atoms with Gasteiger partial charge in [0, 0.05) is 19.0 Å². The molecule has 2 atom stereocenters. The lowest BCUT2D eigenvalue weighted by molar-refractivity contribution is -0.129. The highest BCUT2D eigenvalue weighted by Gasteiger charge is 2.24. The van der Waals surface area contributed by atoms with Gasteiger partial charge in [0.2, 0.25) is 5.91 Å². The molecule has 0 unspecified atom stereocenters. The summed E-state index contributed by atoms with van der Waals surface area (Å²) in [6, 6.07) is 8.97. The molecule has 20 heavy (non-hydrogen) atoms. The number of amides is 1. The Morgan fingerprint density at radius 2 is 2.00 bits per heavy atom. The summed E-state index contributed by atoms with van der Waals surface area (Å²) in [4.78, 5) is 13.7. The van der Waals surface area contributed by atoms with Gasteiger partial charge in [0.25, 0.3) is 0 Å². The average Bonchev–Trinajstić information content (AvgIpc) is 2.50.